The van der Waals surface area contributed by atoms with Crippen molar-refractivity contribution in [3.63, 3.8) is 0 Å². The number of ether oxygens (including phenoxy) is 3. The number of carbonyl (C=O) groups is 4. The molecule has 5 aliphatic rings. The maximum Gasteiger partial charge on any atom is 0.338 e. The number of carbonyl (C=O) groups excluding carboxylic acids is 4. The molecule has 2 heterocycles. The third kappa shape index (κ3) is 8.04. The van der Waals surface area contributed by atoms with Crippen molar-refractivity contribution in [3.05, 3.63) is 46.5 Å². The normalized spacial score (nSPS) is 20.1. The summed E-state index contributed by atoms with van der Waals surface area (Å²) in [5, 5.41) is 0. The number of hydrogen-bond donors (Lipinski definition) is 0. The van der Waals surface area contributed by atoms with E-state index in [1.807, 2.05) is 43.9 Å². The minimum absolute atomic E-state index is 0.0382. The molecular formula is C46H65N3O7. The number of amides is 3. The van der Waals surface area contributed by atoms with Crippen molar-refractivity contribution in [2.24, 2.45) is 0 Å². The Morgan fingerprint density at radius 2 is 1.14 bits per heavy atom. The van der Waals surface area contributed by atoms with Crippen LogP contribution >= 0.6 is 0 Å². The van der Waals surface area contributed by atoms with E-state index in [0.29, 0.717) is 41.7 Å². The fourth-order valence-electron chi connectivity index (χ4n) is 9.79. The van der Waals surface area contributed by atoms with Gasteiger partial charge in [-0.05, 0) is 140 Å². The van der Waals surface area contributed by atoms with Crippen LogP contribution in [-0.2, 0) is 14.3 Å². The number of aryl methyl sites for hydroxylation is 2. The lowest BCUT2D eigenvalue weighted by Gasteiger charge is -2.45. The number of anilines is 2. The van der Waals surface area contributed by atoms with Crippen LogP contribution in [0.15, 0.2) is 24.3 Å². The average Bonchev–Trinajstić information content (AvgIpc) is 3.19. The van der Waals surface area contributed by atoms with Crippen LogP contribution in [-0.4, -0.2) is 72.1 Å². The van der Waals surface area contributed by atoms with E-state index in [0.717, 1.165) is 112 Å². The van der Waals surface area contributed by atoms with E-state index in [-0.39, 0.29) is 23.8 Å². The Morgan fingerprint density at radius 3 is 1.57 bits per heavy atom. The van der Waals surface area contributed by atoms with Crippen molar-refractivity contribution >= 4 is 35.1 Å². The zero-order valence-electron chi connectivity index (χ0n) is 35.1. The molecule has 3 amide bonds. The quantitative estimate of drug-likeness (QED) is 0.246. The molecular weight excluding hydrogens is 707 g/mol. The molecule has 2 spiro atoms. The zero-order chi connectivity index (χ0) is 40.2. The van der Waals surface area contributed by atoms with Gasteiger partial charge in [-0.3, -0.25) is 14.4 Å². The summed E-state index contributed by atoms with van der Waals surface area (Å²) >= 11 is 0. The standard InChI is InChI=1S/C27H40N2O3.C19H25NO4/c1-5-16-28-23-18-22(25(30)29(19(2)3)21-12-8-6-9-13-21)20(4)17-24(23)32-27(26(28)31)14-10-7-11-15-27;1-4-10-20-15-12-14(17(21)23-3)13(2)11-16(15)24-19(18(20)22)8-6-5-7-9-19/h17-19,21H,5-16H2,1-4H3;11-12H,4-10H2,1-3H3. The Hall–Kier alpha value is -4.08. The van der Waals surface area contributed by atoms with Crippen LogP contribution in [0.4, 0.5) is 11.4 Å². The van der Waals surface area contributed by atoms with Gasteiger partial charge in [-0.15, -0.1) is 0 Å². The highest BCUT2D eigenvalue weighted by molar-refractivity contribution is 6.06. The first-order chi connectivity index (χ1) is 26.9. The highest BCUT2D eigenvalue weighted by atomic mass is 16.5. The Bertz CT molecular complexity index is 1770. The Kier molecular flexibility index (Phi) is 13.1. The van der Waals surface area contributed by atoms with Gasteiger partial charge in [0, 0.05) is 30.7 Å². The van der Waals surface area contributed by atoms with Crippen LogP contribution in [0.5, 0.6) is 11.5 Å². The molecule has 0 bridgehead atoms. The van der Waals surface area contributed by atoms with E-state index in [4.69, 9.17) is 14.2 Å². The molecule has 3 aliphatic carbocycles. The second-order valence-corrected chi connectivity index (χ2v) is 17.1. The monoisotopic (exact) mass is 771 g/mol. The molecule has 0 aromatic heterocycles. The molecule has 0 saturated heterocycles. The summed E-state index contributed by atoms with van der Waals surface area (Å²) < 4.78 is 17.6. The topological polar surface area (TPSA) is 106 Å². The number of nitrogens with zero attached hydrogens (tertiary/aromatic N) is 3. The summed E-state index contributed by atoms with van der Waals surface area (Å²) in [5.74, 6) is 1.29. The molecule has 2 aromatic rings. The van der Waals surface area contributed by atoms with Crippen LogP contribution in [0.25, 0.3) is 0 Å². The third-order valence-electron chi connectivity index (χ3n) is 12.7. The molecule has 2 aromatic carbocycles. The highest BCUT2D eigenvalue weighted by Gasteiger charge is 2.50. The van der Waals surface area contributed by atoms with Crippen molar-refractivity contribution < 1.29 is 33.4 Å². The molecule has 0 atom stereocenters. The molecule has 56 heavy (non-hydrogen) atoms. The van der Waals surface area contributed by atoms with Crippen molar-refractivity contribution in [2.75, 3.05) is 30.0 Å². The van der Waals surface area contributed by atoms with Gasteiger partial charge in [-0.2, -0.15) is 0 Å². The molecule has 306 valence electrons. The number of fused-ring (bicyclic) bond motifs is 2. The van der Waals surface area contributed by atoms with Gasteiger partial charge in [0.1, 0.15) is 11.5 Å². The Morgan fingerprint density at radius 1 is 0.714 bits per heavy atom. The van der Waals surface area contributed by atoms with E-state index >= 15 is 0 Å². The maximum atomic E-state index is 13.8. The van der Waals surface area contributed by atoms with Crippen LogP contribution in [0.3, 0.4) is 0 Å². The first kappa shape index (κ1) is 41.6. The van der Waals surface area contributed by atoms with E-state index < -0.39 is 17.2 Å². The van der Waals surface area contributed by atoms with Gasteiger partial charge in [-0.25, -0.2) is 4.79 Å². The molecule has 3 saturated carbocycles. The summed E-state index contributed by atoms with van der Waals surface area (Å²) in [6.07, 6.45) is 17.1. The molecule has 0 radical (unpaired) electrons. The van der Waals surface area contributed by atoms with Crippen molar-refractivity contribution in [1.29, 1.82) is 0 Å². The predicted octanol–water partition coefficient (Wildman–Crippen LogP) is 9.64. The van der Waals surface area contributed by atoms with Gasteiger partial charge in [0.15, 0.2) is 11.2 Å². The molecule has 3 fully saturated rings. The largest absolute Gasteiger partial charge is 0.475 e. The van der Waals surface area contributed by atoms with Crippen molar-refractivity contribution in [2.45, 2.75) is 174 Å². The number of rotatable bonds is 8. The second kappa shape index (κ2) is 17.6. The smallest absolute Gasteiger partial charge is 0.338 e. The van der Waals surface area contributed by atoms with E-state index in [2.05, 4.69) is 25.7 Å². The first-order valence-electron chi connectivity index (χ1n) is 21.6. The summed E-state index contributed by atoms with van der Waals surface area (Å²) in [6.45, 7) is 13.5. The predicted molar refractivity (Wildman–Crippen MR) is 220 cm³/mol. The minimum atomic E-state index is -0.723. The average molecular weight is 772 g/mol. The third-order valence-corrected chi connectivity index (χ3v) is 12.7. The molecule has 10 nitrogen and oxygen atoms in total. The van der Waals surface area contributed by atoms with Crippen LogP contribution in [0, 0.1) is 13.8 Å². The lowest BCUT2D eigenvalue weighted by Crippen LogP contribution is -2.57. The maximum absolute atomic E-state index is 13.8. The van der Waals surface area contributed by atoms with Gasteiger partial charge < -0.3 is 28.9 Å². The van der Waals surface area contributed by atoms with Gasteiger partial charge >= 0.3 is 5.97 Å². The van der Waals surface area contributed by atoms with E-state index in [1.54, 1.807) is 11.0 Å². The summed E-state index contributed by atoms with van der Waals surface area (Å²) in [6, 6.07) is 8.01. The summed E-state index contributed by atoms with van der Waals surface area (Å²) in [7, 11) is 1.36. The number of methoxy groups -OCH3 is 1. The van der Waals surface area contributed by atoms with Crippen LogP contribution in [0.1, 0.15) is 169 Å². The van der Waals surface area contributed by atoms with Crippen molar-refractivity contribution in [1.82, 2.24) is 4.90 Å². The number of benzene rings is 2. The number of hydrogen-bond acceptors (Lipinski definition) is 7. The molecule has 0 N–H and O–H groups in total. The van der Waals surface area contributed by atoms with Crippen molar-refractivity contribution in [3.8, 4) is 11.5 Å². The summed E-state index contributed by atoms with van der Waals surface area (Å²) in [4.78, 5) is 58.4. The van der Waals surface area contributed by atoms with Gasteiger partial charge in [-0.1, -0.05) is 46.0 Å². The second-order valence-electron chi connectivity index (χ2n) is 17.1. The number of esters is 1. The molecule has 0 unspecified atom stereocenters. The Balaban J connectivity index is 0.000000198. The van der Waals surface area contributed by atoms with Gasteiger partial charge in [0.2, 0.25) is 0 Å². The zero-order valence-corrected chi connectivity index (χ0v) is 35.1. The minimum Gasteiger partial charge on any atom is -0.475 e. The van der Waals surface area contributed by atoms with E-state index in [1.165, 1.54) is 26.4 Å². The Labute approximate surface area is 334 Å². The van der Waals surface area contributed by atoms with E-state index in [9.17, 15) is 19.2 Å². The van der Waals surface area contributed by atoms with Crippen LogP contribution < -0.4 is 19.3 Å². The molecule has 10 heteroatoms. The SMILES string of the molecule is CCCN1C(=O)C2(CCCCC2)Oc2cc(C)c(C(=O)N(C(C)C)C3CCCCC3)cc21.CCCN1C(=O)C2(CCCCC2)Oc2cc(C)c(C(=O)OC)cc21. The summed E-state index contributed by atoms with van der Waals surface area (Å²) in [5.41, 5.74) is 2.94. The fraction of sp³-hybridized carbons (Fsp3) is 0.652. The molecule has 2 aliphatic heterocycles. The lowest BCUT2D eigenvalue weighted by molar-refractivity contribution is -0.139. The lowest BCUT2D eigenvalue weighted by atomic mass is 9.82. The van der Waals surface area contributed by atoms with Gasteiger partial charge in [0.25, 0.3) is 17.7 Å². The highest BCUT2D eigenvalue weighted by Crippen LogP contribution is 2.47. The first-order valence-corrected chi connectivity index (χ1v) is 21.6. The van der Waals surface area contributed by atoms with Crippen LogP contribution in [0.2, 0.25) is 0 Å². The van der Waals surface area contributed by atoms with Gasteiger partial charge in [0.05, 0.1) is 24.0 Å². The molecule has 7 rings (SSSR count). The fourth-order valence-corrected chi connectivity index (χ4v) is 9.79.